The van der Waals surface area contributed by atoms with Crippen LogP contribution < -0.4 is 0 Å². The van der Waals surface area contributed by atoms with Gasteiger partial charge in [-0.2, -0.15) is 0 Å². The van der Waals surface area contributed by atoms with Gasteiger partial charge in [-0.15, -0.1) is 0 Å². The maximum Gasteiger partial charge on any atom is 0.314 e. The van der Waals surface area contributed by atoms with Gasteiger partial charge < -0.3 is 10.00 Å². The summed E-state index contributed by atoms with van der Waals surface area (Å²) in [6.45, 7) is 0. The quantitative estimate of drug-likeness (QED) is 0.798. The van der Waals surface area contributed by atoms with Crippen LogP contribution >= 0.6 is 7.37 Å². The number of aliphatic carboxylic acids is 1. The van der Waals surface area contributed by atoms with Crippen LogP contribution in [0.1, 0.15) is 17.0 Å². The molecule has 0 spiro atoms. The lowest BCUT2D eigenvalue weighted by Crippen LogP contribution is -2.23. The van der Waals surface area contributed by atoms with Crippen molar-refractivity contribution in [1.29, 1.82) is 0 Å². The first-order chi connectivity index (χ1) is 10.4. The Bertz CT molecular complexity index is 680. The molecule has 0 bridgehead atoms. The summed E-state index contributed by atoms with van der Waals surface area (Å²) in [5.74, 6) is -5.54. The van der Waals surface area contributed by atoms with E-state index in [1.165, 1.54) is 36.7 Å². The highest BCUT2D eigenvalue weighted by Crippen LogP contribution is 2.55. The zero-order chi connectivity index (χ0) is 16.2. The van der Waals surface area contributed by atoms with E-state index in [2.05, 4.69) is 4.98 Å². The second kappa shape index (κ2) is 6.81. The number of carboxylic acid groups (broad SMARTS) is 1. The Morgan fingerprint density at radius 2 is 1.77 bits per heavy atom. The highest BCUT2D eigenvalue weighted by Gasteiger charge is 2.42. The van der Waals surface area contributed by atoms with Crippen LogP contribution in [-0.4, -0.2) is 26.9 Å². The van der Waals surface area contributed by atoms with Gasteiger partial charge in [-0.25, -0.2) is 4.39 Å². The molecule has 3 unspecified atom stereocenters. The lowest BCUT2D eigenvalue weighted by molar-refractivity contribution is -0.139. The maximum absolute atomic E-state index is 14.6. The summed E-state index contributed by atoms with van der Waals surface area (Å²) in [7, 11) is -4.36. The summed E-state index contributed by atoms with van der Waals surface area (Å²) in [6, 6.07) is 10.6. The normalized spacial score (nSPS) is 16.5. The van der Waals surface area contributed by atoms with Crippen LogP contribution in [0.25, 0.3) is 0 Å². The smallest absolute Gasteiger partial charge is 0.314 e. The van der Waals surface area contributed by atoms with Gasteiger partial charge in [0.2, 0.25) is 7.37 Å². The predicted octanol–water partition coefficient (Wildman–Crippen LogP) is 3.02. The third-order valence-electron chi connectivity index (χ3n) is 3.24. The number of benzene rings is 1. The van der Waals surface area contributed by atoms with E-state index in [1.54, 1.807) is 18.2 Å². The molecule has 1 heterocycles. The van der Waals surface area contributed by atoms with Crippen molar-refractivity contribution in [3.63, 3.8) is 0 Å². The molecular weight excluding hydrogens is 308 g/mol. The van der Waals surface area contributed by atoms with Gasteiger partial charge in [-0.05, 0) is 23.3 Å². The average molecular weight is 323 g/mol. The van der Waals surface area contributed by atoms with Gasteiger partial charge in [0, 0.05) is 12.4 Å². The van der Waals surface area contributed by atoms with E-state index in [4.69, 9.17) is 0 Å². The first-order valence-corrected chi connectivity index (χ1v) is 8.45. The molecule has 0 amide bonds. The predicted molar refractivity (Wildman–Crippen MR) is 79.5 cm³/mol. The zero-order valence-corrected chi connectivity index (χ0v) is 12.4. The lowest BCUT2D eigenvalue weighted by atomic mass is 10.0. The fraction of sp³-hybridized carbons (Fsp3) is 0.200. The summed E-state index contributed by atoms with van der Waals surface area (Å²) in [4.78, 5) is 25.1. The van der Waals surface area contributed by atoms with E-state index in [1.807, 2.05) is 0 Å². The van der Waals surface area contributed by atoms with Gasteiger partial charge in [0.15, 0.2) is 5.91 Å². The second-order valence-electron chi connectivity index (χ2n) is 4.87. The molecule has 22 heavy (non-hydrogen) atoms. The van der Waals surface area contributed by atoms with Crippen LogP contribution in [0.5, 0.6) is 0 Å². The number of pyridine rings is 1. The van der Waals surface area contributed by atoms with E-state index < -0.39 is 31.3 Å². The Morgan fingerprint density at radius 1 is 1.18 bits per heavy atom. The number of carbonyl (C=O) groups is 1. The van der Waals surface area contributed by atoms with Crippen molar-refractivity contribution in [1.82, 2.24) is 4.98 Å². The van der Waals surface area contributed by atoms with Crippen molar-refractivity contribution < 1.29 is 23.7 Å². The minimum atomic E-state index is -4.36. The Kier molecular flexibility index (Phi) is 5.06. The molecule has 0 saturated heterocycles. The third kappa shape index (κ3) is 3.78. The molecule has 7 heteroatoms. The number of aromatic nitrogens is 1. The summed E-state index contributed by atoms with van der Waals surface area (Å²) in [5.41, 5.74) is 0.590. The number of halogens is 1. The van der Waals surface area contributed by atoms with Crippen LogP contribution in [0.2, 0.25) is 0 Å². The Balaban J connectivity index is 2.28. The summed E-state index contributed by atoms with van der Waals surface area (Å²) >= 11 is 0. The monoisotopic (exact) mass is 323 g/mol. The van der Waals surface area contributed by atoms with E-state index in [9.17, 15) is 23.7 Å². The number of carboxylic acids is 1. The Labute approximate surface area is 126 Å². The van der Waals surface area contributed by atoms with Gasteiger partial charge in [0.1, 0.15) is 5.92 Å². The van der Waals surface area contributed by atoms with Gasteiger partial charge in [0.25, 0.3) is 0 Å². The fourth-order valence-corrected chi connectivity index (χ4v) is 3.82. The SMILES string of the molecule is O=C(O)C(c1ccccc1)C(F)P(=O)(O)Cc1ccncc1. The molecule has 116 valence electrons. The van der Waals surface area contributed by atoms with Crippen LogP contribution in [0, 0.1) is 0 Å². The lowest BCUT2D eigenvalue weighted by Gasteiger charge is -2.22. The molecular formula is C15H15FNO4P. The molecule has 3 atom stereocenters. The minimum Gasteiger partial charge on any atom is -0.481 e. The van der Waals surface area contributed by atoms with Crippen molar-refractivity contribution in [3.8, 4) is 0 Å². The molecule has 0 aliphatic rings. The largest absolute Gasteiger partial charge is 0.481 e. The van der Waals surface area contributed by atoms with E-state index in [0.717, 1.165) is 0 Å². The number of nitrogens with zero attached hydrogens (tertiary/aromatic N) is 1. The summed E-state index contributed by atoms with van der Waals surface area (Å²) in [5, 5.41) is 9.24. The van der Waals surface area contributed by atoms with Crippen molar-refractivity contribution >= 4 is 13.3 Å². The molecule has 1 aromatic carbocycles. The molecule has 5 nitrogen and oxygen atoms in total. The maximum atomic E-state index is 14.6. The fourth-order valence-electron chi connectivity index (χ4n) is 2.15. The van der Waals surface area contributed by atoms with Crippen LogP contribution in [0.3, 0.4) is 0 Å². The molecule has 2 aromatic rings. The first-order valence-electron chi connectivity index (χ1n) is 6.54. The highest BCUT2D eigenvalue weighted by molar-refractivity contribution is 7.57. The summed E-state index contributed by atoms with van der Waals surface area (Å²) < 4.78 is 26.9. The van der Waals surface area contributed by atoms with Gasteiger partial charge in [-0.3, -0.25) is 14.3 Å². The van der Waals surface area contributed by atoms with Crippen molar-refractivity contribution in [2.75, 3.05) is 0 Å². The molecule has 2 rings (SSSR count). The van der Waals surface area contributed by atoms with Crippen LogP contribution in [-0.2, 0) is 15.5 Å². The standard InChI is InChI=1S/C15H15FNO4P/c16-14(13(15(18)19)12-4-2-1-3-5-12)22(20,21)10-11-6-8-17-9-7-11/h1-9,13-14H,10H2,(H,18,19)(H,20,21). The summed E-state index contributed by atoms with van der Waals surface area (Å²) in [6.07, 6.45) is 2.41. The van der Waals surface area contributed by atoms with Crippen LogP contribution in [0.4, 0.5) is 4.39 Å². The zero-order valence-electron chi connectivity index (χ0n) is 11.5. The second-order valence-corrected chi connectivity index (χ2v) is 7.19. The number of hydrogen-bond acceptors (Lipinski definition) is 3. The number of alkyl halides is 1. The molecule has 0 aliphatic carbocycles. The molecule has 0 aliphatic heterocycles. The minimum absolute atomic E-state index is 0.159. The average Bonchev–Trinajstić information content (AvgIpc) is 2.48. The highest BCUT2D eigenvalue weighted by atomic mass is 31.2. The van der Waals surface area contributed by atoms with Gasteiger partial charge in [-0.1, -0.05) is 30.3 Å². The molecule has 0 saturated carbocycles. The molecule has 0 radical (unpaired) electrons. The van der Waals surface area contributed by atoms with Crippen molar-refractivity contribution in [2.45, 2.75) is 18.0 Å². The van der Waals surface area contributed by atoms with Crippen molar-refractivity contribution in [2.24, 2.45) is 0 Å². The van der Waals surface area contributed by atoms with Gasteiger partial charge in [0.05, 0.1) is 6.16 Å². The molecule has 1 aromatic heterocycles. The Hall–Kier alpha value is -2.04. The molecule has 0 fully saturated rings. The van der Waals surface area contributed by atoms with E-state index in [-0.39, 0.29) is 5.56 Å². The van der Waals surface area contributed by atoms with E-state index >= 15 is 0 Å². The van der Waals surface area contributed by atoms with E-state index in [0.29, 0.717) is 5.56 Å². The van der Waals surface area contributed by atoms with Gasteiger partial charge >= 0.3 is 5.97 Å². The number of rotatable bonds is 6. The molecule has 2 N–H and O–H groups in total. The van der Waals surface area contributed by atoms with Crippen molar-refractivity contribution in [3.05, 3.63) is 66.0 Å². The Morgan fingerprint density at radius 3 is 2.32 bits per heavy atom. The van der Waals surface area contributed by atoms with Crippen LogP contribution in [0.15, 0.2) is 54.9 Å². The topological polar surface area (TPSA) is 87.5 Å². The third-order valence-corrected chi connectivity index (χ3v) is 5.13. The number of hydrogen-bond donors (Lipinski definition) is 2. The first kappa shape index (κ1) is 16.3.